The van der Waals surface area contributed by atoms with Crippen LogP contribution >= 0.6 is 0 Å². The van der Waals surface area contributed by atoms with E-state index in [1.165, 1.54) is 0 Å². The molecule has 0 radical (unpaired) electrons. The van der Waals surface area contributed by atoms with Gasteiger partial charge in [0.1, 0.15) is 0 Å². The number of para-hydroxylation sites is 2. The third kappa shape index (κ3) is 4.71. The summed E-state index contributed by atoms with van der Waals surface area (Å²) >= 11 is 10.3. The van der Waals surface area contributed by atoms with Gasteiger partial charge in [0.05, 0.1) is 11.0 Å². The molecule has 4 rings (SSSR count). The average molecular weight is 455 g/mol. The van der Waals surface area contributed by atoms with Gasteiger partial charge in [0.25, 0.3) is 0 Å². The van der Waals surface area contributed by atoms with E-state index in [0.29, 0.717) is 0 Å². The van der Waals surface area contributed by atoms with E-state index in [4.69, 9.17) is 25.3 Å². The van der Waals surface area contributed by atoms with E-state index < -0.39 is 0 Å². The molecule has 2 nitrogen and oxygen atoms in total. The Morgan fingerprint density at radius 3 is 1.40 bits per heavy atom. The van der Waals surface area contributed by atoms with Crippen LogP contribution in [-0.4, -0.2) is 9.97 Å². The van der Waals surface area contributed by atoms with Crippen LogP contribution < -0.4 is 0 Å². The van der Waals surface area contributed by atoms with Crippen molar-refractivity contribution >= 4 is 47.1 Å². The van der Waals surface area contributed by atoms with E-state index in [-0.39, 0.29) is 20.4 Å². The normalized spacial score (nSPS) is 10.0. The van der Waals surface area contributed by atoms with Crippen molar-refractivity contribution in [3.8, 4) is 0 Å². The van der Waals surface area contributed by atoms with E-state index in [9.17, 15) is 0 Å². The number of rotatable bonds is 0. The second-order valence-corrected chi connectivity index (χ2v) is 6.44. The molecule has 0 aliphatic carbocycles. The molecule has 128 valence electrons. The zero-order valence-electron chi connectivity index (χ0n) is 13.8. The first kappa shape index (κ1) is 19.7. The van der Waals surface area contributed by atoms with Gasteiger partial charge in [-0.15, -0.1) is 9.79 Å². The number of benzene rings is 2. The Morgan fingerprint density at radius 1 is 0.600 bits per heavy atom. The fourth-order valence-corrected chi connectivity index (χ4v) is 2.92. The Hall–Kier alpha value is -1.64. The minimum absolute atomic E-state index is 0. The quantitative estimate of drug-likeness (QED) is 0.279. The monoisotopic (exact) mass is 454 g/mol. The largest absolute Gasteiger partial charge is 2.00 e. The number of hydrogen-bond acceptors (Lipinski definition) is 4. The van der Waals surface area contributed by atoms with E-state index in [2.05, 4.69) is 9.97 Å². The van der Waals surface area contributed by atoms with Crippen molar-refractivity contribution in [2.75, 3.05) is 0 Å². The molecular weight excluding hydrogens is 439 g/mol. The SMILES string of the molecule is Cc1ccc2cccc([S-])c2n1.Cc1ccc2cccc([S-])c2n1.[Pd+2]. The van der Waals surface area contributed by atoms with Crippen LogP contribution in [-0.2, 0) is 45.7 Å². The number of hydrogen-bond donors (Lipinski definition) is 0. The van der Waals surface area contributed by atoms with Crippen LogP contribution in [0.3, 0.4) is 0 Å². The minimum atomic E-state index is 0. The Kier molecular flexibility index (Phi) is 6.80. The van der Waals surface area contributed by atoms with Gasteiger partial charge in [-0.3, -0.25) is 9.97 Å². The molecule has 2 heterocycles. The molecule has 0 fully saturated rings. The molecule has 0 bridgehead atoms. The van der Waals surface area contributed by atoms with Crippen LogP contribution in [0, 0.1) is 13.8 Å². The summed E-state index contributed by atoms with van der Waals surface area (Å²) < 4.78 is 0. The summed E-state index contributed by atoms with van der Waals surface area (Å²) in [5, 5.41) is 2.24. The summed E-state index contributed by atoms with van der Waals surface area (Å²) in [5.41, 5.74) is 3.90. The van der Waals surface area contributed by atoms with Crippen molar-refractivity contribution in [3.63, 3.8) is 0 Å². The summed E-state index contributed by atoms with van der Waals surface area (Å²) in [7, 11) is 0. The summed E-state index contributed by atoms with van der Waals surface area (Å²) in [6, 6.07) is 19.9. The summed E-state index contributed by atoms with van der Waals surface area (Å²) in [5.74, 6) is 0. The van der Waals surface area contributed by atoms with Gasteiger partial charge in [0.15, 0.2) is 0 Å². The van der Waals surface area contributed by atoms with Crippen LogP contribution in [0.15, 0.2) is 70.5 Å². The molecule has 0 saturated heterocycles. The van der Waals surface area contributed by atoms with E-state index in [1.807, 2.05) is 74.5 Å². The van der Waals surface area contributed by atoms with Crippen LogP contribution in [0.2, 0.25) is 0 Å². The smallest absolute Gasteiger partial charge is 0.778 e. The molecular formula is C20H16N2PdS2. The van der Waals surface area contributed by atoms with Crippen molar-refractivity contribution in [1.29, 1.82) is 0 Å². The fraction of sp³-hybridized carbons (Fsp3) is 0.100. The second-order valence-electron chi connectivity index (χ2n) is 5.56. The third-order valence-electron chi connectivity index (χ3n) is 3.64. The van der Waals surface area contributed by atoms with Gasteiger partial charge in [-0.1, -0.05) is 48.5 Å². The molecule has 0 atom stereocenters. The van der Waals surface area contributed by atoms with Gasteiger partial charge < -0.3 is 25.3 Å². The van der Waals surface area contributed by atoms with Gasteiger partial charge in [0.2, 0.25) is 0 Å². The first-order valence-corrected chi connectivity index (χ1v) is 8.43. The summed E-state index contributed by atoms with van der Waals surface area (Å²) in [4.78, 5) is 10.4. The zero-order valence-corrected chi connectivity index (χ0v) is 17.0. The molecule has 0 aliphatic rings. The molecule has 25 heavy (non-hydrogen) atoms. The predicted octanol–water partition coefficient (Wildman–Crippen LogP) is 4.90. The molecule has 2 aromatic carbocycles. The topological polar surface area (TPSA) is 25.8 Å². The number of aromatic nitrogens is 2. The van der Waals surface area contributed by atoms with Crippen molar-refractivity contribution in [3.05, 3.63) is 72.1 Å². The van der Waals surface area contributed by atoms with Gasteiger partial charge in [-0.25, -0.2) is 0 Å². The maximum atomic E-state index is 5.15. The van der Waals surface area contributed by atoms with Gasteiger partial charge in [-0.05, 0) is 36.8 Å². The maximum absolute atomic E-state index is 5.15. The van der Waals surface area contributed by atoms with E-state index in [0.717, 1.165) is 43.0 Å². The molecule has 0 unspecified atom stereocenters. The standard InChI is InChI=1S/2C10H9NS.Pd/c2*1-7-5-6-8-3-2-4-9(12)10(8)11-7;/h2*2-6,12H,1H3;/q;;+2/p-2. The summed E-state index contributed by atoms with van der Waals surface area (Å²) in [6.45, 7) is 3.95. The third-order valence-corrected chi connectivity index (χ3v) is 4.30. The number of nitrogens with zero attached hydrogens (tertiary/aromatic N) is 2. The molecule has 0 amide bonds. The van der Waals surface area contributed by atoms with Gasteiger partial charge in [-0.2, -0.15) is 0 Å². The Balaban J connectivity index is 0.000000173. The minimum Gasteiger partial charge on any atom is -0.778 e. The first-order valence-electron chi connectivity index (χ1n) is 7.61. The first-order chi connectivity index (χ1) is 11.5. The predicted molar refractivity (Wildman–Crippen MR) is 104 cm³/mol. The van der Waals surface area contributed by atoms with Crippen LogP contribution in [0.25, 0.3) is 21.8 Å². The van der Waals surface area contributed by atoms with Crippen molar-refractivity contribution < 1.29 is 20.4 Å². The molecule has 4 aromatic rings. The second kappa shape index (κ2) is 8.64. The van der Waals surface area contributed by atoms with Crippen LogP contribution in [0.4, 0.5) is 0 Å². The zero-order chi connectivity index (χ0) is 17.1. The van der Waals surface area contributed by atoms with Crippen molar-refractivity contribution in [2.24, 2.45) is 0 Å². The van der Waals surface area contributed by atoms with Crippen molar-refractivity contribution in [2.45, 2.75) is 23.6 Å². The number of pyridine rings is 2. The molecule has 0 N–H and O–H groups in total. The molecule has 0 saturated carbocycles. The summed E-state index contributed by atoms with van der Waals surface area (Å²) in [6.07, 6.45) is 0. The van der Waals surface area contributed by atoms with E-state index >= 15 is 0 Å². The Labute approximate surface area is 172 Å². The molecule has 5 heteroatoms. The van der Waals surface area contributed by atoms with Crippen molar-refractivity contribution in [1.82, 2.24) is 9.97 Å². The number of fused-ring (bicyclic) bond motifs is 2. The maximum Gasteiger partial charge on any atom is 2.00 e. The van der Waals surface area contributed by atoms with Gasteiger partial charge in [0, 0.05) is 11.4 Å². The average Bonchev–Trinajstić information content (AvgIpc) is 2.57. The fourth-order valence-electron chi connectivity index (χ4n) is 2.43. The Bertz CT molecular complexity index is 936. The van der Waals surface area contributed by atoms with Crippen LogP contribution in [0.1, 0.15) is 11.4 Å². The van der Waals surface area contributed by atoms with E-state index in [1.54, 1.807) is 0 Å². The Morgan fingerprint density at radius 2 is 1.00 bits per heavy atom. The van der Waals surface area contributed by atoms with Crippen LogP contribution in [0.5, 0.6) is 0 Å². The molecule has 2 aromatic heterocycles. The van der Waals surface area contributed by atoms with Gasteiger partial charge >= 0.3 is 20.4 Å². The molecule has 0 spiro atoms. The molecule has 0 aliphatic heterocycles. The number of aryl methyl sites for hydroxylation is 2.